The largest absolute Gasteiger partial charge is 0.0616 e. The van der Waals surface area contributed by atoms with Crippen LogP contribution in [0.1, 0.15) is 54.2 Å². The molecule has 0 aliphatic rings. The summed E-state index contributed by atoms with van der Waals surface area (Å²) in [6, 6.07) is 31.0. The number of aryl methyl sites for hydroxylation is 3. The zero-order valence-electron chi connectivity index (χ0n) is 21.6. The van der Waals surface area contributed by atoms with Gasteiger partial charge in [-0.1, -0.05) is 123 Å². The van der Waals surface area contributed by atoms with Gasteiger partial charge in [0.2, 0.25) is 0 Å². The van der Waals surface area contributed by atoms with E-state index in [4.69, 9.17) is 0 Å². The van der Waals surface area contributed by atoms with Crippen molar-refractivity contribution in [3.63, 3.8) is 0 Å². The second kappa shape index (κ2) is 8.75. The predicted octanol–water partition coefficient (Wildman–Crippen LogP) is 9.28. The van der Waals surface area contributed by atoms with Crippen LogP contribution in [0.25, 0.3) is 32.7 Å². The Morgan fingerprint density at radius 1 is 0.543 bits per heavy atom. The molecule has 0 fully saturated rings. The molecule has 5 aromatic rings. The highest BCUT2D eigenvalue weighted by molar-refractivity contribution is 6.16. The fourth-order valence-electron chi connectivity index (χ4n) is 5.21. The Morgan fingerprint density at radius 2 is 1.00 bits per heavy atom. The molecule has 5 aromatic carbocycles. The van der Waals surface area contributed by atoms with E-state index in [0.717, 1.165) is 11.1 Å². The smallest absolute Gasteiger partial charge is 0.0406 e. The van der Waals surface area contributed by atoms with Crippen LogP contribution in [0.4, 0.5) is 0 Å². The summed E-state index contributed by atoms with van der Waals surface area (Å²) < 4.78 is 0. The van der Waals surface area contributed by atoms with Crippen LogP contribution in [0.3, 0.4) is 0 Å². The third-order valence-corrected chi connectivity index (χ3v) is 6.96. The Hall–Kier alpha value is -3.82. The van der Waals surface area contributed by atoms with Crippen molar-refractivity contribution in [3.05, 3.63) is 118 Å². The van der Waals surface area contributed by atoms with Gasteiger partial charge in [0.1, 0.15) is 0 Å². The van der Waals surface area contributed by atoms with Crippen LogP contribution in [-0.2, 0) is 5.41 Å². The van der Waals surface area contributed by atoms with Crippen molar-refractivity contribution in [2.45, 2.75) is 47.0 Å². The second-order valence-electron chi connectivity index (χ2n) is 10.7. The molecule has 0 aliphatic heterocycles. The average molecular weight is 453 g/mol. The number of fused-ring (bicyclic) bond motifs is 2. The summed E-state index contributed by atoms with van der Waals surface area (Å²) in [7, 11) is 0. The molecule has 0 heterocycles. The van der Waals surface area contributed by atoms with Crippen molar-refractivity contribution in [1.29, 1.82) is 0 Å². The fourth-order valence-corrected chi connectivity index (χ4v) is 5.21. The molecule has 0 atom stereocenters. The third kappa shape index (κ3) is 4.24. The van der Waals surface area contributed by atoms with Gasteiger partial charge in [0.25, 0.3) is 0 Å². The van der Waals surface area contributed by atoms with Gasteiger partial charge in [0.15, 0.2) is 0 Å². The highest BCUT2D eigenvalue weighted by Gasteiger charge is 2.16. The Balaban J connectivity index is 1.80. The number of rotatable bonds is 1. The summed E-state index contributed by atoms with van der Waals surface area (Å²) in [6.07, 6.45) is 0. The van der Waals surface area contributed by atoms with Gasteiger partial charge in [0.05, 0.1) is 0 Å². The maximum absolute atomic E-state index is 3.61. The van der Waals surface area contributed by atoms with Gasteiger partial charge in [-0.05, 0) is 75.5 Å². The van der Waals surface area contributed by atoms with Crippen molar-refractivity contribution >= 4 is 21.5 Å². The molecule has 0 aromatic heterocycles. The van der Waals surface area contributed by atoms with E-state index in [0.29, 0.717) is 0 Å². The maximum Gasteiger partial charge on any atom is 0.0406 e. The zero-order valence-corrected chi connectivity index (χ0v) is 21.6. The number of benzene rings is 5. The van der Waals surface area contributed by atoms with E-state index in [-0.39, 0.29) is 5.41 Å². The summed E-state index contributed by atoms with van der Waals surface area (Å²) in [5.74, 6) is 7.15. The summed E-state index contributed by atoms with van der Waals surface area (Å²) in [5.41, 5.74) is 9.99. The molecule has 0 heteroatoms. The number of hydrogen-bond donors (Lipinski definition) is 0. The first kappa shape index (κ1) is 22.9. The van der Waals surface area contributed by atoms with Crippen molar-refractivity contribution in [1.82, 2.24) is 0 Å². The van der Waals surface area contributed by atoms with Gasteiger partial charge in [-0.3, -0.25) is 0 Å². The molecule has 0 spiro atoms. The van der Waals surface area contributed by atoms with Crippen molar-refractivity contribution in [2.75, 3.05) is 0 Å². The van der Waals surface area contributed by atoms with Crippen LogP contribution >= 0.6 is 0 Å². The fraction of sp³-hybridized carbons (Fsp3) is 0.200. The lowest BCUT2D eigenvalue weighted by Crippen LogP contribution is -2.10. The van der Waals surface area contributed by atoms with E-state index in [1.165, 1.54) is 54.9 Å². The molecule has 0 saturated heterocycles. The van der Waals surface area contributed by atoms with E-state index in [9.17, 15) is 0 Å². The first-order valence-electron chi connectivity index (χ1n) is 12.4. The topological polar surface area (TPSA) is 0 Å². The molecule has 172 valence electrons. The van der Waals surface area contributed by atoms with Crippen LogP contribution in [0.5, 0.6) is 0 Å². The first-order chi connectivity index (χ1) is 16.7. The molecular formula is C35H32. The molecule has 0 radical (unpaired) electrons. The van der Waals surface area contributed by atoms with Crippen molar-refractivity contribution < 1.29 is 0 Å². The summed E-state index contributed by atoms with van der Waals surface area (Å²) in [5, 5.41) is 4.90. The lowest BCUT2D eigenvalue weighted by Gasteiger charge is -2.20. The second-order valence-corrected chi connectivity index (χ2v) is 10.7. The molecule has 0 saturated carbocycles. The van der Waals surface area contributed by atoms with Gasteiger partial charge in [0, 0.05) is 11.1 Å². The minimum Gasteiger partial charge on any atom is -0.0616 e. The highest BCUT2D eigenvalue weighted by Crippen LogP contribution is 2.39. The molecule has 0 N–H and O–H groups in total. The van der Waals surface area contributed by atoms with Crippen LogP contribution in [-0.4, -0.2) is 0 Å². The monoisotopic (exact) mass is 452 g/mol. The van der Waals surface area contributed by atoms with Crippen LogP contribution in [0.15, 0.2) is 84.9 Å². The molecule has 5 rings (SSSR count). The molecule has 0 bridgehead atoms. The Labute approximate surface area is 209 Å². The lowest BCUT2D eigenvalue weighted by molar-refractivity contribution is 0.590. The average Bonchev–Trinajstić information content (AvgIpc) is 2.82. The van der Waals surface area contributed by atoms with Gasteiger partial charge >= 0.3 is 0 Å². The zero-order chi connectivity index (χ0) is 24.7. The molecule has 0 unspecified atom stereocenters. The minimum absolute atomic E-state index is 0.133. The van der Waals surface area contributed by atoms with E-state index in [1.807, 2.05) is 0 Å². The normalized spacial score (nSPS) is 11.5. The Kier molecular flexibility index (Phi) is 5.74. The van der Waals surface area contributed by atoms with Gasteiger partial charge in [-0.2, -0.15) is 0 Å². The summed E-state index contributed by atoms with van der Waals surface area (Å²) in [6.45, 7) is 13.2. The lowest BCUT2D eigenvalue weighted by atomic mass is 9.84. The van der Waals surface area contributed by atoms with Crippen molar-refractivity contribution in [3.8, 4) is 23.0 Å². The van der Waals surface area contributed by atoms with Gasteiger partial charge < -0.3 is 0 Å². The van der Waals surface area contributed by atoms with Crippen LogP contribution in [0, 0.1) is 32.6 Å². The SMILES string of the molecule is Cc1cc(C)c(C#Cc2c3ccccc3c(-c3ccc(C(C)(C)C)cc3)c3ccccc23)c(C)c1. The Bertz CT molecular complexity index is 1550. The number of hydrogen-bond acceptors (Lipinski definition) is 0. The molecule has 0 amide bonds. The molecule has 0 aliphatic carbocycles. The quantitative estimate of drug-likeness (QED) is 0.176. The van der Waals surface area contributed by atoms with Gasteiger partial charge in [-0.25, -0.2) is 0 Å². The van der Waals surface area contributed by atoms with E-state index in [2.05, 4.69) is 138 Å². The standard InChI is InChI=1S/C35H32/c1-23-21-24(2)28(25(3)22-23)19-20-31-29-11-7-9-13-32(29)34(33-14-10-8-12-30(31)33)26-15-17-27(18-16-26)35(4,5)6/h7-18,21-22H,1-6H3. The van der Waals surface area contributed by atoms with E-state index in [1.54, 1.807) is 0 Å². The third-order valence-electron chi connectivity index (χ3n) is 6.96. The molecule has 35 heavy (non-hydrogen) atoms. The van der Waals surface area contributed by atoms with E-state index < -0.39 is 0 Å². The Morgan fingerprint density at radius 3 is 1.49 bits per heavy atom. The highest BCUT2D eigenvalue weighted by atomic mass is 14.2. The van der Waals surface area contributed by atoms with Crippen molar-refractivity contribution in [2.24, 2.45) is 0 Å². The van der Waals surface area contributed by atoms with Crippen LogP contribution in [0.2, 0.25) is 0 Å². The predicted molar refractivity (Wildman–Crippen MR) is 152 cm³/mol. The summed E-state index contributed by atoms with van der Waals surface area (Å²) in [4.78, 5) is 0. The molecule has 0 nitrogen and oxygen atoms in total. The summed E-state index contributed by atoms with van der Waals surface area (Å²) >= 11 is 0. The van der Waals surface area contributed by atoms with Crippen LogP contribution < -0.4 is 0 Å². The van der Waals surface area contributed by atoms with Gasteiger partial charge in [-0.15, -0.1) is 0 Å². The minimum atomic E-state index is 0.133. The first-order valence-corrected chi connectivity index (χ1v) is 12.4. The van der Waals surface area contributed by atoms with E-state index >= 15 is 0 Å². The molecular weight excluding hydrogens is 420 g/mol. The maximum atomic E-state index is 3.61.